The lowest BCUT2D eigenvalue weighted by atomic mass is 10.1. The molecule has 0 aliphatic rings. The minimum Gasteiger partial charge on any atom is -0.354 e. The van der Waals surface area contributed by atoms with Crippen molar-refractivity contribution in [1.29, 1.82) is 0 Å². The third kappa shape index (κ3) is 6.41. The lowest BCUT2D eigenvalue weighted by Crippen LogP contribution is -2.44. The van der Waals surface area contributed by atoms with Gasteiger partial charge in [0.1, 0.15) is 0 Å². The summed E-state index contributed by atoms with van der Waals surface area (Å²) in [4.78, 5) is 2.45. The van der Waals surface area contributed by atoms with Gasteiger partial charge in [-0.05, 0) is 24.0 Å². The van der Waals surface area contributed by atoms with Crippen LogP contribution in [0.15, 0.2) is 72.8 Å². The number of hydrogen-bond acceptors (Lipinski definition) is 3. The van der Waals surface area contributed by atoms with Crippen LogP contribution in [0.3, 0.4) is 0 Å². The second kappa shape index (κ2) is 11.6. The van der Waals surface area contributed by atoms with Crippen molar-refractivity contribution in [1.82, 2.24) is 4.90 Å². The first-order valence-electron chi connectivity index (χ1n) is 9.31. The molecule has 0 aliphatic heterocycles. The first-order chi connectivity index (χ1) is 12.8. The maximum atomic E-state index is 5.65. The summed E-state index contributed by atoms with van der Waals surface area (Å²) < 4.78 is 11.3. The molecule has 0 aliphatic carbocycles. The predicted octanol–water partition coefficient (Wildman–Crippen LogP) is 5.03. The number of hydrogen-bond donors (Lipinski definition) is 0. The van der Waals surface area contributed by atoms with Crippen molar-refractivity contribution < 1.29 is 9.47 Å². The van der Waals surface area contributed by atoms with Gasteiger partial charge >= 0.3 is 0 Å². The quantitative estimate of drug-likeness (QED) is 0.418. The van der Waals surface area contributed by atoms with Gasteiger partial charge in [-0.1, -0.05) is 79.7 Å². The molecule has 3 heteroatoms. The van der Waals surface area contributed by atoms with E-state index in [1.165, 1.54) is 11.1 Å². The fourth-order valence-electron chi connectivity index (χ4n) is 3.17. The molecule has 1 atom stereocenters. The zero-order chi connectivity index (χ0) is 18.6. The average molecular weight is 354 g/mol. The fraction of sp³-hybridized carbons (Fsp3) is 0.391. The Morgan fingerprint density at radius 3 is 1.73 bits per heavy atom. The number of methoxy groups -OCH3 is 2. The van der Waals surface area contributed by atoms with Crippen molar-refractivity contribution in [2.45, 2.75) is 45.2 Å². The standard InChI is InChI=1S/C23H31NO2/c1-4-5-8-17-22(23(25-2)26-3)24(18-20-13-9-6-10-14-20)19-21-15-11-7-12-16-21/h5-16,22-23H,4,17-19H2,1-3H3. The highest BCUT2D eigenvalue weighted by atomic mass is 16.7. The van der Waals surface area contributed by atoms with E-state index in [2.05, 4.69) is 84.6 Å². The van der Waals surface area contributed by atoms with Crippen molar-refractivity contribution in [2.75, 3.05) is 14.2 Å². The zero-order valence-electron chi connectivity index (χ0n) is 16.2. The highest BCUT2D eigenvalue weighted by Crippen LogP contribution is 2.20. The van der Waals surface area contributed by atoms with Crippen molar-refractivity contribution in [2.24, 2.45) is 0 Å². The Bertz CT molecular complexity index is 582. The molecule has 0 saturated heterocycles. The van der Waals surface area contributed by atoms with Gasteiger partial charge in [0.2, 0.25) is 0 Å². The third-order valence-corrected chi connectivity index (χ3v) is 4.48. The molecule has 0 bridgehead atoms. The molecule has 0 spiro atoms. The normalized spacial score (nSPS) is 13.0. The van der Waals surface area contributed by atoms with Crippen LogP contribution < -0.4 is 0 Å². The summed E-state index contributed by atoms with van der Waals surface area (Å²) in [6.45, 7) is 3.86. The highest BCUT2D eigenvalue weighted by molar-refractivity contribution is 5.17. The van der Waals surface area contributed by atoms with E-state index in [1.807, 2.05) is 0 Å². The smallest absolute Gasteiger partial charge is 0.172 e. The summed E-state index contributed by atoms with van der Waals surface area (Å²) in [6, 6.07) is 21.3. The van der Waals surface area contributed by atoms with Crippen LogP contribution in [0.4, 0.5) is 0 Å². The molecule has 1 unspecified atom stereocenters. The Hall–Kier alpha value is -1.94. The average Bonchev–Trinajstić information content (AvgIpc) is 2.69. The molecule has 0 heterocycles. The van der Waals surface area contributed by atoms with Gasteiger partial charge in [0, 0.05) is 27.3 Å². The topological polar surface area (TPSA) is 21.7 Å². The Kier molecular flexibility index (Phi) is 9.11. The number of allylic oxidation sites excluding steroid dienone is 1. The van der Waals surface area contributed by atoms with Crippen LogP contribution in [0.25, 0.3) is 0 Å². The number of nitrogens with zero attached hydrogens (tertiary/aromatic N) is 1. The zero-order valence-corrected chi connectivity index (χ0v) is 16.2. The van der Waals surface area contributed by atoms with Gasteiger partial charge in [0.05, 0.1) is 6.04 Å². The van der Waals surface area contributed by atoms with Crippen molar-refractivity contribution in [3.05, 3.63) is 83.9 Å². The highest BCUT2D eigenvalue weighted by Gasteiger charge is 2.27. The lowest BCUT2D eigenvalue weighted by molar-refractivity contribution is -0.149. The van der Waals surface area contributed by atoms with Crippen molar-refractivity contribution >= 4 is 0 Å². The molecule has 2 aromatic carbocycles. The van der Waals surface area contributed by atoms with E-state index in [0.29, 0.717) is 0 Å². The molecule has 140 valence electrons. The van der Waals surface area contributed by atoms with E-state index in [-0.39, 0.29) is 12.3 Å². The summed E-state index contributed by atoms with van der Waals surface area (Å²) in [5.41, 5.74) is 2.58. The molecule has 2 aromatic rings. The fourth-order valence-corrected chi connectivity index (χ4v) is 3.17. The summed E-state index contributed by atoms with van der Waals surface area (Å²) in [7, 11) is 3.43. The van der Waals surface area contributed by atoms with Crippen LogP contribution in [0, 0.1) is 0 Å². The molecule has 0 radical (unpaired) electrons. The van der Waals surface area contributed by atoms with Crippen LogP contribution in [0.5, 0.6) is 0 Å². The van der Waals surface area contributed by atoms with E-state index in [9.17, 15) is 0 Å². The van der Waals surface area contributed by atoms with Gasteiger partial charge in [-0.2, -0.15) is 0 Å². The van der Waals surface area contributed by atoms with E-state index in [0.717, 1.165) is 25.9 Å². The van der Waals surface area contributed by atoms with Crippen molar-refractivity contribution in [3.63, 3.8) is 0 Å². The number of rotatable bonds is 11. The number of ether oxygens (including phenoxy) is 2. The predicted molar refractivity (Wildman–Crippen MR) is 108 cm³/mol. The van der Waals surface area contributed by atoms with Crippen LogP contribution in [-0.2, 0) is 22.6 Å². The first-order valence-corrected chi connectivity index (χ1v) is 9.31. The number of benzene rings is 2. The molecule has 0 aromatic heterocycles. The van der Waals surface area contributed by atoms with Crippen molar-refractivity contribution in [3.8, 4) is 0 Å². The van der Waals surface area contributed by atoms with Crippen LogP contribution in [0.2, 0.25) is 0 Å². The molecule has 26 heavy (non-hydrogen) atoms. The Morgan fingerprint density at radius 1 is 0.808 bits per heavy atom. The lowest BCUT2D eigenvalue weighted by Gasteiger charge is -2.35. The second-order valence-electron chi connectivity index (χ2n) is 6.40. The molecule has 0 saturated carbocycles. The van der Waals surface area contributed by atoms with Crippen LogP contribution >= 0.6 is 0 Å². The van der Waals surface area contributed by atoms with Crippen LogP contribution in [-0.4, -0.2) is 31.5 Å². The van der Waals surface area contributed by atoms with Gasteiger partial charge in [-0.25, -0.2) is 0 Å². The van der Waals surface area contributed by atoms with E-state index in [1.54, 1.807) is 14.2 Å². The van der Waals surface area contributed by atoms with E-state index < -0.39 is 0 Å². The van der Waals surface area contributed by atoms with E-state index >= 15 is 0 Å². The minimum atomic E-state index is -0.274. The monoisotopic (exact) mass is 353 g/mol. The Morgan fingerprint density at radius 2 is 1.31 bits per heavy atom. The third-order valence-electron chi connectivity index (χ3n) is 4.48. The summed E-state index contributed by atoms with van der Waals surface area (Å²) in [5.74, 6) is 0. The van der Waals surface area contributed by atoms with E-state index in [4.69, 9.17) is 9.47 Å². The maximum Gasteiger partial charge on any atom is 0.172 e. The van der Waals surface area contributed by atoms with Gasteiger partial charge < -0.3 is 9.47 Å². The van der Waals surface area contributed by atoms with Gasteiger partial charge in [-0.3, -0.25) is 4.90 Å². The maximum absolute atomic E-state index is 5.65. The summed E-state index contributed by atoms with van der Waals surface area (Å²) in [6.07, 6.45) is 6.09. The molecular weight excluding hydrogens is 322 g/mol. The SMILES string of the molecule is CCC=CCC(C(OC)OC)N(Cc1ccccc1)Cc1ccccc1. The molecule has 0 fully saturated rings. The van der Waals surface area contributed by atoms with Gasteiger partial charge in [0.25, 0.3) is 0 Å². The van der Waals surface area contributed by atoms with Gasteiger partial charge in [0.15, 0.2) is 6.29 Å². The Balaban J connectivity index is 2.27. The second-order valence-corrected chi connectivity index (χ2v) is 6.40. The summed E-state index contributed by atoms with van der Waals surface area (Å²) in [5, 5.41) is 0. The largest absolute Gasteiger partial charge is 0.354 e. The first kappa shape index (κ1) is 20.4. The van der Waals surface area contributed by atoms with Crippen LogP contribution in [0.1, 0.15) is 30.9 Å². The summed E-state index contributed by atoms with van der Waals surface area (Å²) >= 11 is 0. The van der Waals surface area contributed by atoms with Gasteiger partial charge in [-0.15, -0.1) is 0 Å². The molecule has 0 amide bonds. The molecule has 3 nitrogen and oxygen atoms in total. The minimum absolute atomic E-state index is 0.133. The molecule has 2 rings (SSSR count). The molecule has 0 N–H and O–H groups in total. The molecular formula is C23H31NO2. The Labute approximate surface area is 158 Å².